The molecule has 2 aromatic rings. The average Bonchev–Trinajstić information content (AvgIpc) is 2.56. The number of fused-ring (bicyclic) bond motifs is 1. The molecule has 1 amide bonds. The Kier molecular flexibility index (Phi) is 4.49. The van der Waals surface area contributed by atoms with Gasteiger partial charge < -0.3 is 14.8 Å². The summed E-state index contributed by atoms with van der Waals surface area (Å²) in [6.07, 6.45) is 0.0220. The molecule has 0 radical (unpaired) electrons. The first kappa shape index (κ1) is 17.0. The summed E-state index contributed by atoms with van der Waals surface area (Å²) in [6, 6.07) is 10.5. The maximum absolute atomic E-state index is 13.7. The van der Waals surface area contributed by atoms with E-state index in [9.17, 15) is 17.6 Å². The Balaban J connectivity index is 1.72. The third-order valence-corrected chi connectivity index (χ3v) is 3.92. The molecule has 9 heteroatoms. The third kappa shape index (κ3) is 4.18. The van der Waals surface area contributed by atoms with Crippen LogP contribution in [0, 0.1) is 5.82 Å². The summed E-state index contributed by atoms with van der Waals surface area (Å²) in [6.45, 7) is 0.0263. The predicted octanol–water partition coefficient (Wildman–Crippen LogP) is 1.98. The molecule has 0 unspecified atom stereocenters. The second kappa shape index (κ2) is 6.60. The molecule has 3 rings (SSSR count). The second-order valence-corrected chi connectivity index (χ2v) is 7.17. The molecule has 0 aliphatic carbocycles. The summed E-state index contributed by atoms with van der Waals surface area (Å²) >= 11 is 0. The number of para-hydroxylation sites is 2. The van der Waals surface area contributed by atoms with Gasteiger partial charge in [0.1, 0.15) is 12.4 Å². The molecule has 1 aliphatic heterocycles. The van der Waals surface area contributed by atoms with E-state index in [1.165, 1.54) is 12.1 Å². The quantitative estimate of drug-likeness (QED) is 0.863. The van der Waals surface area contributed by atoms with E-state index >= 15 is 0 Å². The van der Waals surface area contributed by atoms with Crippen LogP contribution in [0.5, 0.6) is 11.5 Å². The highest BCUT2D eigenvalue weighted by Gasteiger charge is 2.27. The van der Waals surface area contributed by atoms with Gasteiger partial charge in [0, 0.05) is 5.69 Å². The highest BCUT2D eigenvalue weighted by molar-refractivity contribution is 7.92. The van der Waals surface area contributed by atoms with Crippen LogP contribution in [-0.2, 0) is 14.8 Å². The number of sulfonamides is 1. The molecule has 0 fully saturated rings. The van der Waals surface area contributed by atoms with E-state index in [-0.39, 0.29) is 18.0 Å². The maximum atomic E-state index is 13.7. The van der Waals surface area contributed by atoms with Crippen molar-refractivity contribution in [2.75, 3.05) is 22.9 Å². The molecule has 25 heavy (non-hydrogen) atoms. The molecule has 2 N–H and O–H groups in total. The smallest absolute Gasteiger partial charge is 0.269 e. The number of nitrogens with one attached hydrogen (secondary N) is 2. The molecular weight excluding hydrogens is 351 g/mol. The van der Waals surface area contributed by atoms with Gasteiger partial charge in [0.05, 0.1) is 11.9 Å². The first-order chi connectivity index (χ1) is 11.8. The number of hydrogen-bond acceptors (Lipinski definition) is 5. The molecule has 0 spiro atoms. The Morgan fingerprint density at radius 2 is 1.92 bits per heavy atom. The largest absolute Gasteiger partial charge is 0.485 e. The zero-order valence-electron chi connectivity index (χ0n) is 13.2. The molecule has 1 aliphatic rings. The lowest BCUT2D eigenvalue weighted by Crippen LogP contribution is -2.40. The SMILES string of the molecule is CS(=O)(=O)Nc1cc(NC(=O)[C@H]2COc3ccccc3O2)ccc1F. The zero-order valence-corrected chi connectivity index (χ0v) is 14.0. The second-order valence-electron chi connectivity index (χ2n) is 5.42. The number of rotatable bonds is 4. The molecule has 0 saturated carbocycles. The number of benzene rings is 2. The van der Waals surface area contributed by atoms with E-state index in [0.29, 0.717) is 11.5 Å². The molecule has 0 bridgehead atoms. The van der Waals surface area contributed by atoms with Crippen LogP contribution < -0.4 is 19.5 Å². The number of hydrogen-bond donors (Lipinski definition) is 2. The van der Waals surface area contributed by atoms with Crippen LogP contribution in [0.2, 0.25) is 0 Å². The van der Waals surface area contributed by atoms with Crippen molar-refractivity contribution >= 4 is 27.3 Å². The summed E-state index contributed by atoms with van der Waals surface area (Å²) in [5.41, 5.74) is -0.0357. The van der Waals surface area contributed by atoms with E-state index in [1.54, 1.807) is 24.3 Å². The Hall–Kier alpha value is -2.81. The topological polar surface area (TPSA) is 93.7 Å². The molecule has 1 atom stereocenters. The van der Waals surface area contributed by atoms with Gasteiger partial charge in [0.15, 0.2) is 11.5 Å². The normalized spacial score (nSPS) is 16.2. The fourth-order valence-electron chi connectivity index (χ4n) is 2.25. The van der Waals surface area contributed by atoms with E-state index in [1.807, 2.05) is 4.72 Å². The Labute approximate surface area is 143 Å². The molecule has 0 aromatic heterocycles. The molecule has 1 heterocycles. The molecule has 2 aromatic carbocycles. The summed E-state index contributed by atoms with van der Waals surface area (Å²) in [5.74, 6) is -0.249. The predicted molar refractivity (Wildman–Crippen MR) is 89.8 cm³/mol. The fourth-order valence-corrected chi connectivity index (χ4v) is 2.81. The van der Waals surface area contributed by atoms with Crippen molar-refractivity contribution in [2.24, 2.45) is 0 Å². The molecular formula is C16H15FN2O5S. The van der Waals surface area contributed by atoms with Gasteiger partial charge in [-0.25, -0.2) is 12.8 Å². The van der Waals surface area contributed by atoms with Gasteiger partial charge in [0.2, 0.25) is 16.1 Å². The van der Waals surface area contributed by atoms with Crippen molar-refractivity contribution < 1.29 is 27.1 Å². The van der Waals surface area contributed by atoms with Crippen LogP contribution in [0.15, 0.2) is 42.5 Å². The Morgan fingerprint density at radius 3 is 2.64 bits per heavy atom. The minimum absolute atomic E-state index is 0.0263. The fraction of sp³-hybridized carbons (Fsp3) is 0.188. The summed E-state index contributed by atoms with van der Waals surface area (Å²) in [5, 5.41) is 2.55. The highest BCUT2D eigenvalue weighted by atomic mass is 32.2. The highest BCUT2D eigenvalue weighted by Crippen LogP contribution is 2.31. The standard InChI is InChI=1S/C16H15FN2O5S/c1-25(21,22)19-12-8-10(6-7-11(12)17)18-16(20)15-9-23-13-4-2-3-5-14(13)24-15/h2-8,15,19H,9H2,1H3,(H,18,20)/t15-/m1/s1. The van der Waals surface area contributed by atoms with Crippen LogP contribution in [0.3, 0.4) is 0 Å². The van der Waals surface area contributed by atoms with E-state index < -0.39 is 27.9 Å². The van der Waals surface area contributed by atoms with Crippen molar-refractivity contribution in [3.8, 4) is 11.5 Å². The lowest BCUT2D eigenvalue weighted by molar-refractivity contribution is -0.125. The summed E-state index contributed by atoms with van der Waals surface area (Å²) in [7, 11) is -3.65. The first-order valence-corrected chi connectivity index (χ1v) is 9.18. The van der Waals surface area contributed by atoms with Gasteiger partial charge in [0.25, 0.3) is 5.91 Å². The van der Waals surface area contributed by atoms with Crippen molar-refractivity contribution in [3.05, 3.63) is 48.3 Å². The van der Waals surface area contributed by atoms with Gasteiger partial charge in [-0.1, -0.05) is 12.1 Å². The Bertz CT molecular complexity index is 916. The molecule has 0 saturated heterocycles. The van der Waals surface area contributed by atoms with Gasteiger partial charge in [-0.05, 0) is 30.3 Å². The lowest BCUT2D eigenvalue weighted by atomic mass is 10.2. The third-order valence-electron chi connectivity index (χ3n) is 3.33. The van der Waals surface area contributed by atoms with Crippen molar-refractivity contribution in [2.45, 2.75) is 6.10 Å². The van der Waals surface area contributed by atoms with Crippen molar-refractivity contribution in [3.63, 3.8) is 0 Å². The number of halogens is 1. The summed E-state index contributed by atoms with van der Waals surface area (Å²) < 4.78 is 49.3. The van der Waals surface area contributed by atoms with E-state index in [0.717, 1.165) is 12.3 Å². The number of anilines is 2. The van der Waals surface area contributed by atoms with Crippen LogP contribution >= 0.6 is 0 Å². The first-order valence-electron chi connectivity index (χ1n) is 7.28. The van der Waals surface area contributed by atoms with Crippen LogP contribution in [-0.4, -0.2) is 33.3 Å². The number of ether oxygens (including phenoxy) is 2. The van der Waals surface area contributed by atoms with E-state index in [2.05, 4.69) is 5.32 Å². The minimum atomic E-state index is -3.65. The number of amides is 1. The average molecular weight is 366 g/mol. The Morgan fingerprint density at radius 1 is 1.20 bits per heavy atom. The van der Waals surface area contributed by atoms with Crippen molar-refractivity contribution in [1.82, 2.24) is 0 Å². The van der Waals surface area contributed by atoms with Crippen LogP contribution in [0.25, 0.3) is 0 Å². The van der Waals surface area contributed by atoms with Gasteiger partial charge >= 0.3 is 0 Å². The van der Waals surface area contributed by atoms with Crippen molar-refractivity contribution in [1.29, 1.82) is 0 Å². The monoisotopic (exact) mass is 366 g/mol. The van der Waals surface area contributed by atoms with Gasteiger partial charge in [-0.3, -0.25) is 9.52 Å². The van der Waals surface area contributed by atoms with Gasteiger partial charge in [-0.2, -0.15) is 0 Å². The molecule has 7 nitrogen and oxygen atoms in total. The van der Waals surface area contributed by atoms with Gasteiger partial charge in [-0.15, -0.1) is 0 Å². The van der Waals surface area contributed by atoms with Crippen LogP contribution in [0.4, 0.5) is 15.8 Å². The summed E-state index contributed by atoms with van der Waals surface area (Å²) in [4.78, 5) is 12.3. The zero-order chi connectivity index (χ0) is 18.0. The number of carbonyl (C=O) groups is 1. The maximum Gasteiger partial charge on any atom is 0.269 e. The lowest BCUT2D eigenvalue weighted by Gasteiger charge is -2.25. The number of carbonyl (C=O) groups excluding carboxylic acids is 1. The van der Waals surface area contributed by atoms with E-state index in [4.69, 9.17) is 9.47 Å². The van der Waals surface area contributed by atoms with Crippen LogP contribution in [0.1, 0.15) is 0 Å². The molecule has 132 valence electrons. The minimum Gasteiger partial charge on any atom is -0.485 e.